The van der Waals surface area contributed by atoms with Gasteiger partial charge in [0.2, 0.25) is 5.95 Å². The number of ether oxygens (including phenoxy) is 1. The minimum absolute atomic E-state index is 0.00824. The van der Waals surface area contributed by atoms with Crippen LogP contribution in [0.4, 0.5) is 51.1 Å². The van der Waals surface area contributed by atoms with Crippen LogP contribution in [-0.4, -0.2) is 57.3 Å². The van der Waals surface area contributed by atoms with Gasteiger partial charge in [-0.2, -0.15) is 39.5 Å². The first-order chi connectivity index (χ1) is 25.1. The maximum Gasteiger partial charge on any atom is 0.416 e. The van der Waals surface area contributed by atoms with Gasteiger partial charge in [0.25, 0.3) is 0 Å². The third-order valence-electron chi connectivity index (χ3n) is 9.45. The molecule has 54 heavy (non-hydrogen) atoms. The first-order valence-corrected chi connectivity index (χ1v) is 18.9. The lowest BCUT2D eigenvalue weighted by molar-refractivity contribution is -0.143. The monoisotopic (exact) mass is 796 g/mol. The summed E-state index contributed by atoms with van der Waals surface area (Å²) in [5.41, 5.74) is -4.15. The molecule has 18 heteroatoms. The van der Waals surface area contributed by atoms with E-state index in [0.29, 0.717) is 56.6 Å². The van der Waals surface area contributed by atoms with Gasteiger partial charge in [0, 0.05) is 31.7 Å². The average molecular weight is 797 g/mol. The number of benzene rings is 2. The summed E-state index contributed by atoms with van der Waals surface area (Å²) >= 11 is -1.18. The predicted molar refractivity (Wildman–Crippen MR) is 185 cm³/mol. The van der Waals surface area contributed by atoms with Crippen molar-refractivity contribution in [3.8, 4) is 5.75 Å². The van der Waals surface area contributed by atoms with Crippen LogP contribution in [0.2, 0.25) is 0 Å². The van der Waals surface area contributed by atoms with E-state index in [4.69, 9.17) is 4.74 Å². The van der Waals surface area contributed by atoms with E-state index in [1.807, 2.05) is 4.90 Å². The van der Waals surface area contributed by atoms with Crippen LogP contribution in [0.1, 0.15) is 79.8 Å². The van der Waals surface area contributed by atoms with Gasteiger partial charge in [0.15, 0.2) is 5.75 Å². The summed E-state index contributed by atoms with van der Waals surface area (Å²) in [5.74, 6) is -0.702. The number of anilines is 2. The highest BCUT2D eigenvalue weighted by molar-refractivity contribution is 7.90. The van der Waals surface area contributed by atoms with Crippen LogP contribution < -0.4 is 14.5 Å². The molecule has 1 aliphatic rings. The third-order valence-corrected chi connectivity index (χ3v) is 10.2. The van der Waals surface area contributed by atoms with Crippen molar-refractivity contribution in [1.82, 2.24) is 9.97 Å². The fourth-order valence-electron chi connectivity index (χ4n) is 6.55. The average Bonchev–Trinajstić information content (AvgIpc) is 3.08. The van der Waals surface area contributed by atoms with E-state index in [1.165, 1.54) is 36.5 Å². The number of carboxylic acid groups (broad SMARTS) is 1. The third kappa shape index (κ3) is 11.8. The van der Waals surface area contributed by atoms with Gasteiger partial charge >= 0.3 is 24.5 Å². The summed E-state index contributed by atoms with van der Waals surface area (Å²) in [6.45, 7) is 3.43. The molecule has 0 amide bonds. The molecule has 1 heterocycles. The molecule has 0 radical (unpaired) electrons. The number of aliphatic carboxylic acids is 1. The molecule has 3 aromatic rings. The van der Waals surface area contributed by atoms with Crippen LogP contribution >= 0.6 is 0 Å². The van der Waals surface area contributed by atoms with Crippen LogP contribution in [0, 0.1) is 11.8 Å². The highest BCUT2D eigenvalue weighted by Gasteiger charge is 2.38. The van der Waals surface area contributed by atoms with Crippen LogP contribution in [0.15, 0.2) is 48.8 Å². The fraction of sp³-hybridized carbons (Fsp3) is 0.528. The van der Waals surface area contributed by atoms with Gasteiger partial charge in [-0.15, -0.1) is 0 Å². The second kappa shape index (κ2) is 17.7. The second-order valence-electron chi connectivity index (χ2n) is 13.4. The number of rotatable bonds is 15. The van der Waals surface area contributed by atoms with E-state index >= 15 is 0 Å². The highest BCUT2D eigenvalue weighted by atomic mass is 32.2. The molecule has 0 spiro atoms. The largest absolute Gasteiger partial charge is 0.616 e. The quantitative estimate of drug-likeness (QED) is 0.120. The second-order valence-corrected chi connectivity index (χ2v) is 14.9. The smallest absolute Gasteiger partial charge is 0.416 e. The maximum absolute atomic E-state index is 14.1. The Balaban J connectivity index is 1.79. The van der Waals surface area contributed by atoms with Crippen molar-refractivity contribution < 1.29 is 58.7 Å². The number of aromatic nitrogens is 2. The highest BCUT2D eigenvalue weighted by Crippen LogP contribution is 2.41. The van der Waals surface area contributed by atoms with E-state index in [1.54, 1.807) is 6.92 Å². The first kappa shape index (κ1) is 42.8. The zero-order valence-electron chi connectivity index (χ0n) is 29.7. The molecule has 1 N–H and O–H groups in total. The van der Waals surface area contributed by atoms with Crippen LogP contribution in [0.3, 0.4) is 0 Å². The molecule has 1 unspecified atom stereocenters. The molecule has 0 bridgehead atoms. The van der Waals surface area contributed by atoms with E-state index in [0.717, 1.165) is 12.1 Å². The maximum atomic E-state index is 14.1. The minimum atomic E-state index is -5.15. The Labute approximate surface area is 309 Å². The fourth-order valence-corrected chi connectivity index (χ4v) is 6.86. The molecular formula is C36H41F9N4O4S. The van der Waals surface area contributed by atoms with Gasteiger partial charge in [-0.25, -0.2) is 9.97 Å². The van der Waals surface area contributed by atoms with Crippen LogP contribution in [-0.2, 0) is 41.0 Å². The Morgan fingerprint density at radius 2 is 1.46 bits per heavy atom. The molecule has 0 aliphatic heterocycles. The number of nitrogens with zero attached hydrogens (tertiary/aromatic N) is 4. The van der Waals surface area contributed by atoms with E-state index in [9.17, 15) is 54.0 Å². The van der Waals surface area contributed by atoms with Gasteiger partial charge < -0.3 is 24.2 Å². The van der Waals surface area contributed by atoms with Gasteiger partial charge in [0.1, 0.15) is 12.4 Å². The molecule has 2 aromatic carbocycles. The molecule has 4 rings (SSSR count). The number of hydrogen-bond acceptors (Lipinski definition) is 7. The van der Waals surface area contributed by atoms with E-state index in [-0.39, 0.29) is 53.9 Å². The number of hydrogen-bond donors (Lipinski definition) is 1. The number of alkyl halides is 9. The summed E-state index contributed by atoms with van der Waals surface area (Å²) in [5, 5.41) is 9.19. The van der Waals surface area contributed by atoms with Crippen molar-refractivity contribution in [3.63, 3.8) is 0 Å². The molecule has 1 fully saturated rings. The summed E-state index contributed by atoms with van der Waals surface area (Å²) < 4.78 is 143. The summed E-state index contributed by atoms with van der Waals surface area (Å²) in [6.07, 6.45) is -8.46. The Hall–Kier alpha value is -3.93. The van der Waals surface area contributed by atoms with Crippen molar-refractivity contribution in [2.24, 2.45) is 11.8 Å². The number of carboxylic acids is 1. The lowest BCUT2D eigenvalue weighted by Gasteiger charge is -2.36. The topological polar surface area (TPSA) is 102 Å². The minimum Gasteiger partial charge on any atom is -0.616 e. The Kier molecular flexibility index (Phi) is 14.0. The molecule has 2 atom stereocenters. The van der Waals surface area contributed by atoms with E-state index in [2.05, 4.69) is 9.97 Å². The zero-order chi connectivity index (χ0) is 40.0. The van der Waals surface area contributed by atoms with E-state index < -0.39 is 70.5 Å². The summed E-state index contributed by atoms with van der Waals surface area (Å²) in [7, 11) is 0. The number of halogens is 9. The molecule has 1 saturated carbocycles. The van der Waals surface area contributed by atoms with Crippen LogP contribution in [0.5, 0.6) is 5.75 Å². The van der Waals surface area contributed by atoms with Crippen LogP contribution in [0.25, 0.3) is 0 Å². The molecular weight excluding hydrogens is 755 g/mol. The molecule has 298 valence electrons. The van der Waals surface area contributed by atoms with Gasteiger partial charge in [0.05, 0.1) is 41.4 Å². The molecule has 0 saturated heterocycles. The Morgan fingerprint density at radius 3 is 1.96 bits per heavy atom. The number of carbonyl (C=O) groups is 1. The Bertz CT molecular complexity index is 1670. The predicted octanol–water partition coefficient (Wildman–Crippen LogP) is 9.17. The molecule has 1 aliphatic carbocycles. The lowest BCUT2D eigenvalue weighted by Crippen LogP contribution is -2.34. The summed E-state index contributed by atoms with van der Waals surface area (Å²) in [4.78, 5) is 22.8. The molecule has 8 nitrogen and oxygen atoms in total. The lowest BCUT2D eigenvalue weighted by atomic mass is 9.80. The van der Waals surface area contributed by atoms with Gasteiger partial charge in [-0.3, -0.25) is 4.79 Å². The first-order valence-electron chi connectivity index (χ1n) is 17.1. The van der Waals surface area contributed by atoms with Crippen molar-refractivity contribution in [2.45, 2.75) is 77.1 Å². The van der Waals surface area contributed by atoms with Gasteiger partial charge in [-0.1, -0.05) is 11.2 Å². The van der Waals surface area contributed by atoms with Crippen molar-refractivity contribution in [2.75, 3.05) is 41.5 Å². The zero-order valence-corrected chi connectivity index (χ0v) is 30.5. The summed E-state index contributed by atoms with van der Waals surface area (Å²) in [6, 6.07) is 2.87. The normalized spacial score (nSPS) is 17.9. The van der Waals surface area contributed by atoms with Gasteiger partial charge in [-0.05, 0) is 98.9 Å². The molecule has 1 aromatic heterocycles. The van der Waals surface area contributed by atoms with Crippen molar-refractivity contribution >= 4 is 28.8 Å². The van der Waals surface area contributed by atoms with Crippen molar-refractivity contribution in [3.05, 3.63) is 76.6 Å². The standard InChI is InChI=1S/C36H41F9N4O4S/c1-4-48(20-24-7-5-23(6-8-24)13-32(50)51)31-10-9-27(34(37,38)39)16-26(31)21-49(33-46-18-30(19-47-33)53-11-12-54(3)52)22(2)25-14-28(35(40,41)42)17-29(15-25)36(43,44)45/h9-10,14-19,22-24H,4-8,11-13,20-21H2,1-3H3,(H,50,51)/t22-,23-,24-,54?/m0/s1. The Morgan fingerprint density at radius 1 is 0.907 bits per heavy atom. The SMILES string of the molecule is CCN(C[C@H]1CC[C@H](CC(=O)O)CC1)c1ccc(C(F)(F)F)cc1CN(c1ncc(OCC[S+](C)[O-])cn1)[C@@H](C)c1cc(C(F)(F)F)cc(C(F)(F)F)c1. The van der Waals surface area contributed by atoms with Crippen molar-refractivity contribution in [1.29, 1.82) is 0 Å².